The van der Waals surface area contributed by atoms with Gasteiger partial charge in [0.05, 0.1) is 16.9 Å². The van der Waals surface area contributed by atoms with E-state index in [-0.39, 0.29) is 5.91 Å². The van der Waals surface area contributed by atoms with Gasteiger partial charge in [0.25, 0.3) is 5.91 Å². The smallest absolute Gasteiger partial charge is 0.273 e. The van der Waals surface area contributed by atoms with Gasteiger partial charge in [-0.1, -0.05) is 18.5 Å². The van der Waals surface area contributed by atoms with Gasteiger partial charge in [0.2, 0.25) is 0 Å². The number of anilines is 1. The molecule has 0 saturated carbocycles. The summed E-state index contributed by atoms with van der Waals surface area (Å²) < 4.78 is 1.52. The van der Waals surface area contributed by atoms with E-state index >= 15 is 0 Å². The lowest BCUT2D eigenvalue weighted by molar-refractivity contribution is 0.101. The van der Waals surface area contributed by atoms with Crippen LogP contribution in [0.1, 0.15) is 28.7 Å². The van der Waals surface area contributed by atoms with Crippen molar-refractivity contribution in [2.75, 3.05) is 5.32 Å². The fourth-order valence-corrected chi connectivity index (χ4v) is 1.99. The first kappa shape index (κ1) is 14.1. The normalized spacial score (nSPS) is 10.1. The van der Waals surface area contributed by atoms with Crippen LogP contribution in [0, 0.1) is 11.3 Å². The summed E-state index contributed by atoms with van der Waals surface area (Å²) in [6, 6.07) is 8.47. The molecule has 0 bridgehead atoms. The number of hydrogen-bond donors (Lipinski definition) is 1. The zero-order valence-electron chi connectivity index (χ0n) is 11.1. The van der Waals surface area contributed by atoms with Crippen LogP contribution in [0.3, 0.4) is 0 Å². The summed E-state index contributed by atoms with van der Waals surface area (Å²) in [5, 5.41) is 16.4. The minimum Gasteiger partial charge on any atom is -0.319 e. The van der Waals surface area contributed by atoms with Crippen molar-refractivity contribution >= 4 is 23.2 Å². The Bertz CT molecular complexity index is 700. The van der Waals surface area contributed by atoms with Crippen LogP contribution in [0.25, 0.3) is 0 Å². The molecule has 1 N–H and O–H groups in total. The first-order chi connectivity index (χ1) is 9.55. The highest BCUT2D eigenvalue weighted by Gasteiger charge is 2.14. The van der Waals surface area contributed by atoms with Gasteiger partial charge in [-0.25, -0.2) is 0 Å². The van der Waals surface area contributed by atoms with E-state index in [1.807, 2.05) is 13.0 Å². The van der Waals surface area contributed by atoms with Crippen molar-refractivity contribution in [3.05, 3.63) is 46.2 Å². The monoisotopic (exact) mass is 288 g/mol. The zero-order chi connectivity index (χ0) is 14.7. The molecule has 2 rings (SSSR count). The Balaban J connectivity index is 2.30. The Labute approximate surface area is 121 Å². The number of carbonyl (C=O) groups is 1. The third-order valence-electron chi connectivity index (χ3n) is 2.88. The molecule has 0 radical (unpaired) electrons. The van der Waals surface area contributed by atoms with Crippen molar-refractivity contribution in [3.8, 4) is 6.07 Å². The van der Waals surface area contributed by atoms with E-state index in [1.165, 1.54) is 4.68 Å². The summed E-state index contributed by atoms with van der Waals surface area (Å²) >= 11 is 5.88. The number of nitriles is 1. The van der Waals surface area contributed by atoms with Crippen molar-refractivity contribution < 1.29 is 4.79 Å². The molecule has 0 aliphatic carbocycles. The fourth-order valence-electron chi connectivity index (χ4n) is 1.82. The van der Waals surface area contributed by atoms with Crippen molar-refractivity contribution in [1.82, 2.24) is 9.78 Å². The predicted octanol–water partition coefficient (Wildman–Crippen LogP) is 2.76. The van der Waals surface area contributed by atoms with Gasteiger partial charge in [0.1, 0.15) is 11.8 Å². The van der Waals surface area contributed by atoms with E-state index in [2.05, 4.69) is 10.4 Å². The quantitative estimate of drug-likeness (QED) is 0.944. The number of benzene rings is 1. The highest BCUT2D eigenvalue weighted by atomic mass is 35.5. The second-order valence-corrected chi connectivity index (χ2v) is 4.69. The maximum Gasteiger partial charge on any atom is 0.273 e. The van der Waals surface area contributed by atoms with E-state index in [0.29, 0.717) is 22.0 Å². The second-order valence-electron chi connectivity index (χ2n) is 4.25. The highest BCUT2D eigenvalue weighted by molar-refractivity contribution is 6.31. The second kappa shape index (κ2) is 5.76. The minimum absolute atomic E-state index is 0.321. The third kappa shape index (κ3) is 2.81. The molecule has 0 aliphatic rings. The lowest BCUT2D eigenvalue weighted by atomic mass is 10.2. The maximum atomic E-state index is 12.2. The molecule has 1 amide bonds. The Morgan fingerprint density at radius 3 is 2.85 bits per heavy atom. The van der Waals surface area contributed by atoms with Crippen molar-refractivity contribution in [1.29, 1.82) is 5.26 Å². The van der Waals surface area contributed by atoms with Gasteiger partial charge < -0.3 is 5.32 Å². The van der Waals surface area contributed by atoms with E-state index in [4.69, 9.17) is 16.9 Å². The van der Waals surface area contributed by atoms with Crippen LogP contribution >= 0.6 is 11.6 Å². The van der Waals surface area contributed by atoms with Crippen molar-refractivity contribution in [2.45, 2.75) is 13.3 Å². The number of hydrogen-bond acceptors (Lipinski definition) is 3. The fraction of sp³-hybridized carbons (Fsp3) is 0.214. The Hall–Kier alpha value is -2.32. The van der Waals surface area contributed by atoms with Gasteiger partial charge in [0, 0.05) is 12.1 Å². The molecule has 0 fully saturated rings. The summed E-state index contributed by atoms with van der Waals surface area (Å²) in [5.74, 6) is -0.321. The third-order valence-corrected chi connectivity index (χ3v) is 3.11. The molecule has 0 saturated heterocycles. The lowest BCUT2D eigenvalue weighted by Crippen LogP contribution is -2.16. The van der Waals surface area contributed by atoms with Crippen LogP contribution in [-0.2, 0) is 13.5 Å². The van der Waals surface area contributed by atoms with Gasteiger partial charge >= 0.3 is 0 Å². The van der Waals surface area contributed by atoms with Crippen molar-refractivity contribution in [2.24, 2.45) is 7.05 Å². The molecule has 1 aromatic heterocycles. The van der Waals surface area contributed by atoms with Crippen LogP contribution in [0.2, 0.25) is 5.02 Å². The molecule has 0 spiro atoms. The number of aryl methyl sites for hydroxylation is 2. The van der Waals surface area contributed by atoms with Gasteiger partial charge in [-0.05, 0) is 30.7 Å². The molecule has 0 aliphatic heterocycles. The number of nitrogens with one attached hydrogen (secondary N) is 1. The molecule has 1 heterocycles. The van der Waals surface area contributed by atoms with Crippen molar-refractivity contribution in [3.63, 3.8) is 0 Å². The van der Waals surface area contributed by atoms with Gasteiger partial charge in [-0.2, -0.15) is 10.4 Å². The molecule has 0 atom stereocenters. The van der Waals surface area contributed by atoms with Crippen LogP contribution in [0.15, 0.2) is 24.3 Å². The zero-order valence-corrected chi connectivity index (χ0v) is 11.9. The first-order valence-electron chi connectivity index (χ1n) is 6.09. The number of halogens is 1. The van der Waals surface area contributed by atoms with Crippen LogP contribution < -0.4 is 5.32 Å². The number of aromatic nitrogens is 2. The topological polar surface area (TPSA) is 70.7 Å². The van der Waals surface area contributed by atoms with Crippen LogP contribution in [0.5, 0.6) is 0 Å². The summed E-state index contributed by atoms with van der Waals surface area (Å²) in [5.41, 5.74) is 2.03. The Morgan fingerprint density at radius 2 is 2.25 bits per heavy atom. The molecule has 2 aromatic rings. The summed E-state index contributed by atoms with van der Waals surface area (Å²) in [6.07, 6.45) is 0.752. The average molecular weight is 289 g/mol. The average Bonchev–Trinajstić information content (AvgIpc) is 2.80. The molecule has 5 nitrogen and oxygen atoms in total. The standard InChI is InChI=1S/C14H13ClN4O/c1-3-11-7-13(19(2)18-11)14(20)17-12-6-10(15)5-4-9(12)8-16/h4-7H,3H2,1-2H3,(H,17,20). The number of carbonyl (C=O) groups excluding carboxylic acids is 1. The first-order valence-corrected chi connectivity index (χ1v) is 6.47. The van der Waals surface area contributed by atoms with Gasteiger partial charge in [-0.3, -0.25) is 9.48 Å². The highest BCUT2D eigenvalue weighted by Crippen LogP contribution is 2.21. The SMILES string of the molecule is CCc1cc(C(=O)Nc2cc(Cl)ccc2C#N)n(C)n1. The molecule has 6 heteroatoms. The Kier molecular flexibility index (Phi) is 4.06. The molecule has 1 aromatic carbocycles. The van der Waals surface area contributed by atoms with E-state index in [9.17, 15) is 4.79 Å². The van der Waals surface area contributed by atoms with E-state index in [1.54, 1.807) is 31.3 Å². The summed E-state index contributed by atoms with van der Waals surface area (Å²) in [7, 11) is 1.71. The van der Waals surface area contributed by atoms with Crippen LogP contribution in [-0.4, -0.2) is 15.7 Å². The lowest BCUT2D eigenvalue weighted by Gasteiger charge is -2.07. The van der Waals surface area contributed by atoms with Crippen LogP contribution in [0.4, 0.5) is 5.69 Å². The Morgan fingerprint density at radius 1 is 1.50 bits per heavy atom. The maximum absolute atomic E-state index is 12.2. The summed E-state index contributed by atoms with van der Waals surface area (Å²) in [4.78, 5) is 12.2. The molecular formula is C14H13ClN4O. The van der Waals surface area contributed by atoms with Gasteiger partial charge in [0.15, 0.2) is 0 Å². The molecule has 0 unspecified atom stereocenters. The number of nitrogens with zero attached hydrogens (tertiary/aromatic N) is 3. The van der Waals surface area contributed by atoms with E-state index < -0.39 is 0 Å². The van der Waals surface area contributed by atoms with Gasteiger partial charge in [-0.15, -0.1) is 0 Å². The molecular weight excluding hydrogens is 276 g/mol. The predicted molar refractivity (Wildman–Crippen MR) is 76.7 cm³/mol. The summed E-state index contributed by atoms with van der Waals surface area (Å²) in [6.45, 7) is 1.97. The molecule has 102 valence electrons. The largest absolute Gasteiger partial charge is 0.319 e. The number of amides is 1. The number of rotatable bonds is 3. The van der Waals surface area contributed by atoms with E-state index in [0.717, 1.165) is 12.1 Å². The minimum atomic E-state index is -0.321. The molecule has 20 heavy (non-hydrogen) atoms.